The van der Waals surface area contributed by atoms with Gasteiger partial charge in [-0.05, 0) is 18.6 Å². The highest BCUT2D eigenvalue weighted by Gasteiger charge is 2.40. The Kier molecular flexibility index (Phi) is 4.97. The molecule has 1 aromatic carbocycles. The number of carbonyl (C=O) groups excluding carboxylic acids is 3. The van der Waals surface area contributed by atoms with Crippen LogP contribution in [0.15, 0.2) is 18.2 Å². The van der Waals surface area contributed by atoms with Gasteiger partial charge in [0.2, 0.25) is 11.8 Å². The van der Waals surface area contributed by atoms with Gasteiger partial charge < -0.3 is 9.64 Å². The van der Waals surface area contributed by atoms with Crippen LogP contribution in [0.25, 0.3) is 0 Å². The number of imide groups is 1. The van der Waals surface area contributed by atoms with E-state index in [-0.39, 0.29) is 44.4 Å². The molecule has 3 amide bonds. The number of hydrogen-bond donors (Lipinski definition) is 1. The summed E-state index contributed by atoms with van der Waals surface area (Å²) in [5, 5.41) is 2.25. The summed E-state index contributed by atoms with van der Waals surface area (Å²) in [6.45, 7) is 0.0347. The van der Waals surface area contributed by atoms with E-state index in [2.05, 4.69) is 9.50 Å². The lowest BCUT2D eigenvalue weighted by molar-refractivity contribution is -0.136. The molecule has 0 aliphatic carbocycles. The zero-order valence-electron chi connectivity index (χ0n) is 14.1. The number of benzene rings is 1. The van der Waals surface area contributed by atoms with Gasteiger partial charge in [-0.15, -0.1) is 0 Å². The molecular formula is C16H18N2O7S. The molecule has 0 radical (unpaired) electrons. The molecule has 0 saturated carbocycles. The average Bonchev–Trinajstić information content (AvgIpc) is 2.89. The van der Waals surface area contributed by atoms with Gasteiger partial charge in [0.15, 0.2) is 0 Å². The van der Waals surface area contributed by atoms with Gasteiger partial charge in [0.05, 0.1) is 12.8 Å². The maximum atomic E-state index is 12.6. The minimum atomic E-state index is -3.55. The van der Waals surface area contributed by atoms with E-state index in [0.29, 0.717) is 16.9 Å². The van der Waals surface area contributed by atoms with E-state index in [4.69, 9.17) is 4.74 Å². The van der Waals surface area contributed by atoms with Crippen molar-refractivity contribution in [3.63, 3.8) is 0 Å². The van der Waals surface area contributed by atoms with Crippen molar-refractivity contribution in [3.05, 3.63) is 29.3 Å². The molecule has 1 atom stereocenters. The van der Waals surface area contributed by atoms with Crippen molar-refractivity contribution in [1.82, 2.24) is 10.2 Å². The van der Waals surface area contributed by atoms with Gasteiger partial charge in [-0.1, -0.05) is 6.07 Å². The van der Waals surface area contributed by atoms with Gasteiger partial charge in [0, 0.05) is 17.5 Å². The smallest absolute Gasteiger partial charge is 0.264 e. The molecule has 1 N–H and O–H groups in total. The zero-order chi connectivity index (χ0) is 18.9. The molecule has 2 aliphatic rings. The predicted molar refractivity (Wildman–Crippen MR) is 88.8 cm³/mol. The number of nitrogens with zero attached hydrogens (tertiary/aromatic N) is 1. The molecule has 10 heteroatoms. The molecule has 0 bridgehead atoms. The maximum absolute atomic E-state index is 12.6. The Balaban J connectivity index is 1.71. The van der Waals surface area contributed by atoms with Gasteiger partial charge in [0.25, 0.3) is 16.0 Å². The Morgan fingerprint density at radius 3 is 2.69 bits per heavy atom. The van der Waals surface area contributed by atoms with Crippen LogP contribution in [0.2, 0.25) is 0 Å². The predicted octanol–water partition coefficient (Wildman–Crippen LogP) is -0.197. The summed E-state index contributed by atoms with van der Waals surface area (Å²) in [6, 6.07) is 4.26. The first-order valence-electron chi connectivity index (χ1n) is 8.00. The van der Waals surface area contributed by atoms with Gasteiger partial charge in [0.1, 0.15) is 25.0 Å². The number of hydrogen-bond acceptors (Lipinski definition) is 7. The fourth-order valence-electron chi connectivity index (χ4n) is 3.03. The summed E-state index contributed by atoms with van der Waals surface area (Å²) < 4.78 is 32.1. The van der Waals surface area contributed by atoms with Crippen LogP contribution in [-0.2, 0) is 30.4 Å². The molecule has 2 heterocycles. The zero-order valence-corrected chi connectivity index (χ0v) is 14.9. The second-order valence-corrected chi connectivity index (χ2v) is 7.70. The second-order valence-electron chi connectivity index (χ2n) is 6.06. The molecule has 2 aliphatic heterocycles. The van der Waals surface area contributed by atoms with Crippen LogP contribution in [0.3, 0.4) is 0 Å². The molecule has 0 aromatic heterocycles. The molecule has 9 nitrogen and oxygen atoms in total. The number of amides is 3. The number of piperidine rings is 1. The van der Waals surface area contributed by atoms with Crippen molar-refractivity contribution in [2.75, 3.05) is 19.5 Å². The summed E-state index contributed by atoms with van der Waals surface area (Å²) in [4.78, 5) is 37.4. The van der Waals surface area contributed by atoms with Crippen LogP contribution in [-0.4, -0.2) is 56.6 Å². The van der Waals surface area contributed by atoms with Crippen LogP contribution in [0, 0.1) is 0 Å². The highest BCUT2D eigenvalue weighted by atomic mass is 32.2. The van der Waals surface area contributed by atoms with E-state index in [9.17, 15) is 22.8 Å². The lowest BCUT2D eigenvalue weighted by atomic mass is 10.0. The Morgan fingerprint density at radius 1 is 1.23 bits per heavy atom. The summed E-state index contributed by atoms with van der Waals surface area (Å²) in [6.07, 6.45) is 1.41. The van der Waals surface area contributed by atoms with Crippen molar-refractivity contribution in [2.24, 2.45) is 0 Å². The van der Waals surface area contributed by atoms with Crippen LogP contribution >= 0.6 is 0 Å². The standard InChI is InChI=1S/C16H18N2O7S/c1-26(22,23)25-8-7-24-13-4-2-3-10-11(13)9-18(16(10)21)12-5-6-14(19)17-15(12)20/h2-4,12H,5-9H2,1H3,(H,17,19,20). The molecule has 1 fully saturated rings. The van der Waals surface area contributed by atoms with Crippen molar-refractivity contribution in [1.29, 1.82) is 0 Å². The monoisotopic (exact) mass is 382 g/mol. The molecule has 140 valence electrons. The van der Waals surface area contributed by atoms with Crippen molar-refractivity contribution >= 4 is 27.8 Å². The summed E-state index contributed by atoms with van der Waals surface area (Å²) in [7, 11) is -3.55. The number of fused-ring (bicyclic) bond motifs is 1. The first-order valence-corrected chi connectivity index (χ1v) is 9.81. The maximum Gasteiger partial charge on any atom is 0.264 e. The fraction of sp³-hybridized carbons (Fsp3) is 0.438. The number of ether oxygens (including phenoxy) is 1. The third-order valence-electron chi connectivity index (χ3n) is 4.18. The summed E-state index contributed by atoms with van der Waals surface area (Å²) in [5.41, 5.74) is 1.05. The average molecular weight is 382 g/mol. The minimum Gasteiger partial charge on any atom is -0.491 e. The third-order valence-corrected chi connectivity index (χ3v) is 4.77. The second kappa shape index (κ2) is 7.04. The van der Waals surface area contributed by atoms with E-state index in [1.165, 1.54) is 4.90 Å². The van der Waals surface area contributed by atoms with Gasteiger partial charge >= 0.3 is 0 Å². The van der Waals surface area contributed by atoms with E-state index < -0.39 is 22.1 Å². The first kappa shape index (κ1) is 18.3. The van der Waals surface area contributed by atoms with E-state index in [1.807, 2.05) is 0 Å². The SMILES string of the molecule is CS(=O)(=O)OCCOc1cccc2c1CN(C1CCC(=O)NC1=O)C2=O. The quantitative estimate of drug-likeness (QED) is 0.411. The highest BCUT2D eigenvalue weighted by Crippen LogP contribution is 2.33. The molecule has 26 heavy (non-hydrogen) atoms. The lowest BCUT2D eigenvalue weighted by Gasteiger charge is -2.29. The summed E-state index contributed by atoms with van der Waals surface area (Å²) >= 11 is 0. The first-order chi connectivity index (χ1) is 12.3. The van der Waals surface area contributed by atoms with Crippen molar-refractivity contribution < 1.29 is 31.7 Å². The van der Waals surface area contributed by atoms with Crippen molar-refractivity contribution in [2.45, 2.75) is 25.4 Å². The minimum absolute atomic E-state index is 0.00384. The largest absolute Gasteiger partial charge is 0.491 e. The van der Waals surface area contributed by atoms with Crippen LogP contribution in [0.5, 0.6) is 5.75 Å². The van der Waals surface area contributed by atoms with Crippen LogP contribution < -0.4 is 10.1 Å². The molecule has 3 rings (SSSR count). The van der Waals surface area contributed by atoms with Gasteiger partial charge in [-0.2, -0.15) is 8.42 Å². The molecule has 0 spiro atoms. The van der Waals surface area contributed by atoms with Crippen molar-refractivity contribution in [3.8, 4) is 5.75 Å². The Hall–Kier alpha value is -2.46. The number of nitrogens with one attached hydrogen (secondary N) is 1. The van der Waals surface area contributed by atoms with Crippen LogP contribution in [0.4, 0.5) is 0 Å². The van der Waals surface area contributed by atoms with Crippen LogP contribution in [0.1, 0.15) is 28.8 Å². The fourth-order valence-corrected chi connectivity index (χ4v) is 3.40. The topological polar surface area (TPSA) is 119 Å². The Morgan fingerprint density at radius 2 is 2.00 bits per heavy atom. The molecular weight excluding hydrogens is 364 g/mol. The normalized spacial score (nSPS) is 20.1. The van der Waals surface area contributed by atoms with Gasteiger partial charge in [-0.25, -0.2) is 0 Å². The van der Waals surface area contributed by atoms with E-state index >= 15 is 0 Å². The van der Waals surface area contributed by atoms with E-state index in [0.717, 1.165) is 6.26 Å². The highest BCUT2D eigenvalue weighted by molar-refractivity contribution is 7.85. The lowest BCUT2D eigenvalue weighted by Crippen LogP contribution is -2.52. The molecule has 1 saturated heterocycles. The molecule has 1 unspecified atom stereocenters. The molecule has 1 aromatic rings. The van der Waals surface area contributed by atoms with E-state index in [1.54, 1.807) is 18.2 Å². The Labute approximate surface area is 150 Å². The summed E-state index contributed by atoms with van der Waals surface area (Å²) in [5.74, 6) is -0.688. The van der Waals surface area contributed by atoms with Gasteiger partial charge in [-0.3, -0.25) is 23.9 Å². The number of rotatable bonds is 6. The Bertz CT molecular complexity index is 865. The third kappa shape index (κ3) is 3.86. The number of carbonyl (C=O) groups is 3.